The number of nitro groups is 1. The van der Waals surface area contributed by atoms with Gasteiger partial charge in [0.25, 0.3) is 5.69 Å². The van der Waals surface area contributed by atoms with Crippen molar-refractivity contribution < 1.29 is 4.92 Å². The lowest BCUT2D eigenvalue weighted by atomic mass is 10.2. The highest BCUT2D eigenvalue weighted by atomic mass is 127. The van der Waals surface area contributed by atoms with Gasteiger partial charge < -0.3 is 5.32 Å². The van der Waals surface area contributed by atoms with Crippen LogP contribution in [0.1, 0.15) is 26.7 Å². The van der Waals surface area contributed by atoms with Gasteiger partial charge in [0.1, 0.15) is 0 Å². The van der Waals surface area contributed by atoms with E-state index in [1.807, 2.05) is 0 Å². The highest BCUT2D eigenvalue weighted by Gasteiger charge is 2.10. The van der Waals surface area contributed by atoms with Crippen molar-refractivity contribution in [2.75, 3.05) is 5.32 Å². The van der Waals surface area contributed by atoms with Crippen LogP contribution in [-0.2, 0) is 0 Å². The maximum Gasteiger partial charge on any atom is 0.270 e. The molecule has 88 valence electrons. The number of nitrogens with one attached hydrogen (secondary N) is 1. The minimum absolute atomic E-state index is 0.137. The summed E-state index contributed by atoms with van der Waals surface area (Å²) in [5, 5.41) is 13.9. The number of halogens is 1. The lowest BCUT2D eigenvalue weighted by Crippen LogP contribution is -2.15. The molecule has 0 aliphatic rings. The van der Waals surface area contributed by atoms with Gasteiger partial charge >= 0.3 is 0 Å². The third-order valence-electron chi connectivity index (χ3n) is 2.29. The normalized spacial score (nSPS) is 12.2. The van der Waals surface area contributed by atoms with Crippen molar-refractivity contribution in [2.24, 2.45) is 0 Å². The smallest absolute Gasteiger partial charge is 0.270 e. The Morgan fingerprint density at radius 3 is 2.75 bits per heavy atom. The van der Waals surface area contributed by atoms with Crippen LogP contribution in [0, 0.1) is 13.7 Å². The second-order valence-corrected chi connectivity index (χ2v) is 4.92. The molecule has 4 nitrogen and oxygen atoms in total. The zero-order valence-electron chi connectivity index (χ0n) is 9.37. The van der Waals surface area contributed by atoms with Crippen molar-refractivity contribution in [1.82, 2.24) is 0 Å². The lowest BCUT2D eigenvalue weighted by Gasteiger charge is -2.15. The molecule has 0 saturated carbocycles. The van der Waals surface area contributed by atoms with Crippen LogP contribution in [0.5, 0.6) is 0 Å². The topological polar surface area (TPSA) is 55.2 Å². The molecular formula is C11H15IN2O2. The van der Waals surface area contributed by atoms with Crippen LogP contribution in [0.2, 0.25) is 0 Å². The molecule has 0 fully saturated rings. The first-order chi connectivity index (χ1) is 7.54. The largest absolute Gasteiger partial charge is 0.382 e. The Kier molecular flexibility index (Phi) is 4.98. The average Bonchev–Trinajstić information content (AvgIpc) is 2.21. The molecule has 0 aliphatic heterocycles. The third-order valence-corrected chi connectivity index (χ3v) is 3.18. The summed E-state index contributed by atoms with van der Waals surface area (Å²) in [7, 11) is 0. The monoisotopic (exact) mass is 334 g/mol. The second kappa shape index (κ2) is 6.03. The molecule has 1 unspecified atom stereocenters. The van der Waals surface area contributed by atoms with Crippen molar-refractivity contribution in [3.05, 3.63) is 31.9 Å². The highest BCUT2D eigenvalue weighted by Crippen LogP contribution is 2.24. The number of anilines is 1. The van der Waals surface area contributed by atoms with E-state index >= 15 is 0 Å². The fraction of sp³-hybridized carbons (Fsp3) is 0.455. The van der Waals surface area contributed by atoms with E-state index < -0.39 is 0 Å². The van der Waals surface area contributed by atoms with Crippen LogP contribution in [0.25, 0.3) is 0 Å². The summed E-state index contributed by atoms with van der Waals surface area (Å²) < 4.78 is 0.884. The van der Waals surface area contributed by atoms with Gasteiger partial charge in [0, 0.05) is 27.4 Å². The molecule has 1 N–H and O–H groups in total. The second-order valence-electron chi connectivity index (χ2n) is 3.76. The van der Waals surface area contributed by atoms with Crippen LogP contribution in [0.3, 0.4) is 0 Å². The first kappa shape index (κ1) is 13.2. The summed E-state index contributed by atoms with van der Waals surface area (Å²) in [4.78, 5) is 10.2. The van der Waals surface area contributed by atoms with Crippen molar-refractivity contribution in [3.63, 3.8) is 0 Å². The van der Waals surface area contributed by atoms with Gasteiger partial charge in [-0.3, -0.25) is 10.1 Å². The molecule has 0 radical (unpaired) electrons. The molecule has 1 aromatic rings. The van der Waals surface area contributed by atoms with Gasteiger partial charge in [-0.25, -0.2) is 0 Å². The van der Waals surface area contributed by atoms with Crippen molar-refractivity contribution in [3.8, 4) is 0 Å². The van der Waals surface area contributed by atoms with Gasteiger partial charge in [-0.1, -0.05) is 13.3 Å². The Balaban J connectivity index is 2.79. The van der Waals surface area contributed by atoms with Crippen LogP contribution < -0.4 is 5.32 Å². The zero-order valence-corrected chi connectivity index (χ0v) is 11.5. The number of hydrogen-bond acceptors (Lipinski definition) is 3. The number of nitro benzene ring substituents is 1. The molecule has 0 bridgehead atoms. The fourth-order valence-corrected chi connectivity index (χ4v) is 2.16. The van der Waals surface area contributed by atoms with Crippen LogP contribution in [-0.4, -0.2) is 11.0 Å². The van der Waals surface area contributed by atoms with Crippen LogP contribution in [0.15, 0.2) is 18.2 Å². The summed E-state index contributed by atoms with van der Waals surface area (Å²) in [6, 6.07) is 5.27. The highest BCUT2D eigenvalue weighted by molar-refractivity contribution is 14.1. The van der Waals surface area contributed by atoms with E-state index in [0.29, 0.717) is 6.04 Å². The molecule has 0 aromatic heterocycles. The molecule has 1 rings (SSSR count). The standard InChI is InChI=1S/C11H15IN2O2/c1-3-4-8(2)13-11-6-5-9(14(15)16)7-10(11)12/h5-8,13H,3-4H2,1-2H3. The maximum atomic E-state index is 10.6. The summed E-state index contributed by atoms with van der Waals surface area (Å²) in [5.41, 5.74) is 1.10. The van der Waals surface area contributed by atoms with E-state index in [0.717, 1.165) is 22.1 Å². The average molecular weight is 334 g/mol. The molecule has 0 amide bonds. The van der Waals surface area contributed by atoms with Gasteiger partial charge in [-0.2, -0.15) is 0 Å². The molecule has 0 aliphatic carbocycles. The maximum absolute atomic E-state index is 10.6. The van der Waals surface area contributed by atoms with E-state index in [2.05, 4.69) is 41.8 Å². The number of benzene rings is 1. The van der Waals surface area contributed by atoms with E-state index in [1.165, 1.54) is 6.07 Å². The molecule has 5 heteroatoms. The minimum atomic E-state index is -0.374. The fourth-order valence-electron chi connectivity index (χ4n) is 1.51. The molecule has 1 atom stereocenters. The predicted octanol–water partition coefficient (Wildman–Crippen LogP) is 3.80. The summed E-state index contributed by atoms with van der Waals surface area (Å²) >= 11 is 2.11. The first-order valence-electron chi connectivity index (χ1n) is 5.25. The van der Waals surface area contributed by atoms with E-state index in [4.69, 9.17) is 0 Å². The van der Waals surface area contributed by atoms with Gasteiger partial charge in [-0.05, 0) is 42.0 Å². The van der Waals surface area contributed by atoms with E-state index in [1.54, 1.807) is 12.1 Å². The number of nitrogens with zero attached hydrogens (tertiary/aromatic N) is 1. The van der Waals surface area contributed by atoms with Crippen LogP contribution >= 0.6 is 22.6 Å². The number of rotatable bonds is 5. The molecule has 16 heavy (non-hydrogen) atoms. The van der Waals surface area contributed by atoms with Gasteiger partial charge in [0.2, 0.25) is 0 Å². The van der Waals surface area contributed by atoms with E-state index in [-0.39, 0.29) is 10.6 Å². The number of non-ortho nitro benzene ring substituents is 1. The summed E-state index contributed by atoms with van der Waals surface area (Å²) in [6.07, 6.45) is 2.21. The summed E-state index contributed by atoms with van der Waals surface area (Å²) in [6.45, 7) is 4.25. The molecular weight excluding hydrogens is 319 g/mol. The Morgan fingerprint density at radius 2 is 2.25 bits per heavy atom. The van der Waals surface area contributed by atoms with Crippen LogP contribution in [0.4, 0.5) is 11.4 Å². The minimum Gasteiger partial charge on any atom is -0.382 e. The molecule has 0 heterocycles. The Hall–Kier alpha value is -0.850. The first-order valence-corrected chi connectivity index (χ1v) is 6.33. The van der Waals surface area contributed by atoms with Gasteiger partial charge in [0.05, 0.1) is 4.92 Å². The zero-order chi connectivity index (χ0) is 12.1. The third kappa shape index (κ3) is 3.62. The lowest BCUT2D eigenvalue weighted by molar-refractivity contribution is -0.384. The molecule has 1 aromatic carbocycles. The van der Waals surface area contributed by atoms with Crippen molar-refractivity contribution in [2.45, 2.75) is 32.7 Å². The summed E-state index contributed by atoms with van der Waals surface area (Å²) in [5.74, 6) is 0. The van der Waals surface area contributed by atoms with Crippen molar-refractivity contribution >= 4 is 34.0 Å². The van der Waals surface area contributed by atoms with E-state index in [9.17, 15) is 10.1 Å². The molecule has 0 saturated heterocycles. The predicted molar refractivity (Wildman–Crippen MR) is 73.8 cm³/mol. The van der Waals surface area contributed by atoms with Gasteiger partial charge in [-0.15, -0.1) is 0 Å². The van der Waals surface area contributed by atoms with Gasteiger partial charge in [0.15, 0.2) is 0 Å². The SMILES string of the molecule is CCCC(C)Nc1ccc([N+](=O)[O-])cc1I. The Morgan fingerprint density at radius 1 is 1.56 bits per heavy atom. The Labute approximate surface area is 109 Å². The molecule has 0 spiro atoms. The number of hydrogen-bond donors (Lipinski definition) is 1. The quantitative estimate of drug-likeness (QED) is 0.506. The Bertz CT molecular complexity index is 382. The van der Waals surface area contributed by atoms with Crippen molar-refractivity contribution in [1.29, 1.82) is 0 Å².